The number of ether oxygens (including phenoxy) is 1. The zero-order valence-corrected chi connectivity index (χ0v) is 11.9. The van der Waals surface area contributed by atoms with Crippen LogP contribution in [0.1, 0.15) is 15.9 Å². The van der Waals surface area contributed by atoms with E-state index >= 15 is 0 Å². The number of esters is 1. The summed E-state index contributed by atoms with van der Waals surface area (Å²) in [6.45, 7) is 1.06. The van der Waals surface area contributed by atoms with Crippen LogP contribution < -0.4 is 11.1 Å². The lowest BCUT2D eigenvalue weighted by Gasteiger charge is -2.10. The van der Waals surface area contributed by atoms with E-state index in [1.165, 1.54) is 18.2 Å². The third-order valence-electron chi connectivity index (χ3n) is 3.06. The Bertz CT molecular complexity index is 716. The predicted octanol–water partition coefficient (Wildman–Crippen LogP) is 2.51. The second kappa shape index (κ2) is 6.71. The van der Waals surface area contributed by atoms with Gasteiger partial charge in [0.15, 0.2) is 6.61 Å². The second-order valence-electron chi connectivity index (χ2n) is 4.62. The molecule has 2 rings (SSSR count). The van der Waals surface area contributed by atoms with Gasteiger partial charge < -0.3 is 15.8 Å². The van der Waals surface area contributed by atoms with E-state index in [0.29, 0.717) is 11.3 Å². The van der Waals surface area contributed by atoms with Crippen LogP contribution in [0.4, 0.5) is 15.8 Å². The number of anilines is 2. The fourth-order valence-corrected chi connectivity index (χ4v) is 1.82. The van der Waals surface area contributed by atoms with Gasteiger partial charge in [0.2, 0.25) is 0 Å². The Kier molecular flexibility index (Phi) is 4.73. The molecule has 0 aliphatic carbocycles. The molecule has 2 aromatic rings. The van der Waals surface area contributed by atoms with E-state index < -0.39 is 24.3 Å². The number of nitrogens with two attached hydrogens (primary N) is 1. The highest BCUT2D eigenvalue weighted by Gasteiger charge is 2.13. The molecule has 3 N–H and O–H groups in total. The van der Waals surface area contributed by atoms with Gasteiger partial charge in [-0.25, -0.2) is 9.18 Å². The summed E-state index contributed by atoms with van der Waals surface area (Å²) in [5, 5.41) is 2.49. The number of carbonyl (C=O) groups excluding carboxylic acids is 2. The number of amides is 1. The van der Waals surface area contributed by atoms with Crippen molar-refractivity contribution in [3.63, 3.8) is 0 Å². The Balaban J connectivity index is 1.95. The summed E-state index contributed by atoms with van der Waals surface area (Å²) < 4.78 is 18.2. The minimum absolute atomic E-state index is 0.192. The van der Waals surface area contributed by atoms with Crippen LogP contribution in [0.15, 0.2) is 42.5 Å². The van der Waals surface area contributed by atoms with Crippen LogP contribution in [0.25, 0.3) is 0 Å². The Morgan fingerprint density at radius 1 is 1.18 bits per heavy atom. The summed E-state index contributed by atoms with van der Waals surface area (Å²) >= 11 is 0. The number of carbonyl (C=O) groups is 2. The average Bonchev–Trinajstić information content (AvgIpc) is 2.50. The monoisotopic (exact) mass is 302 g/mol. The van der Waals surface area contributed by atoms with Gasteiger partial charge in [-0.3, -0.25) is 4.79 Å². The maximum atomic E-state index is 13.4. The summed E-state index contributed by atoms with van der Waals surface area (Å²) in [5.41, 5.74) is 6.76. The molecule has 114 valence electrons. The standard InChI is InChI=1S/C16H15FN2O3/c1-10-12(17)6-4-8-14(10)19-15(20)9-22-16(21)11-5-2-3-7-13(11)18/h2-8H,9,18H2,1H3,(H,19,20). The smallest absolute Gasteiger partial charge is 0.340 e. The second-order valence-corrected chi connectivity index (χ2v) is 4.62. The highest BCUT2D eigenvalue weighted by Crippen LogP contribution is 2.17. The van der Waals surface area contributed by atoms with Crippen LogP contribution in [0.5, 0.6) is 0 Å². The maximum absolute atomic E-state index is 13.4. The zero-order chi connectivity index (χ0) is 16.1. The lowest BCUT2D eigenvalue weighted by atomic mass is 10.2. The van der Waals surface area contributed by atoms with Crippen molar-refractivity contribution in [1.29, 1.82) is 0 Å². The first kappa shape index (κ1) is 15.5. The number of nitrogen functional groups attached to an aromatic ring is 1. The third kappa shape index (κ3) is 3.60. The molecule has 0 radical (unpaired) electrons. The summed E-state index contributed by atoms with van der Waals surface area (Å²) in [6.07, 6.45) is 0. The van der Waals surface area contributed by atoms with Gasteiger partial charge in [-0.05, 0) is 31.2 Å². The molecule has 0 saturated carbocycles. The Hall–Kier alpha value is -2.89. The average molecular weight is 302 g/mol. The lowest BCUT2D eigenvalue weighted by Crippen LogP contribution is -2.21. The molecule has 0 unspecified atom stereocenters. The van der Waals surface area contributed by atoms with Crippen LogP contribution in [0, 0.1) is 12.7 Å². The number of para-hydroxylation sites is 1. The van der Waals surface area contributed by atoms with Crippen molar-refractivity contribution in [3.05, 3.63) is 59.4 Å². The summed E-state index contributed by atoms with van der Waals surface area (Å²) in [4.78, 5) is 23.6. The molecule has 0 aliphatic rings. The van der Waals surface area contributed by atoms with Crippen molar-refractivity contribution < 1.29 is 18.7 Å². The van der Waals surface area contributed by atoms with E-state index in [-0.39, 0.29) is 11.3 Å². The van der Waals surface area contributed by atoms with Crippen molar-refractivity contribution in [2.24, 2.45) is 0 Å². The summed E-state index contributed by atoms with van der Waals surface area (Å²) in [5.74, 6) is -1.67. The molecule has 0 fully saturated rings. The van der Waals surface area contributed by atoms with E-state index in [2.05, 4.69) is 5.32 Å². The molecule has 22 heavy (non-hydrogen) atoms. The number of hydrogen-bond donors (Lipinski definition) is 2. The predicted molar refractivity (Wildman–Crippen MR) is 80.9 cm³/mol. The molecule has 0 saturated heterocycles. The summed E-state index contributed by atoms with van der Waals surface area (Å²) in [7, 11) is 0. The Labute approximate surface area is 126 Å². The highest BCUT2D eigenvalue weighted by atomic mass is 19.1. The van der Waals surface area contributed by atoms with Crippen molar-refractivity contribution in [1.82, 2.24) is 0 Å². The number of halogens is 1. The minimum atomic E-state index is -0.691. The quantitative estimate of drug-likeness (QED) is 0.671. The third-order valence-corrected chi connectivity index (χ3v) is 3.06. The van der Waals surface area contributed by atoms with Crippen LogP contribution in [0.3, 0.4) is 0 Å². The fraction of sp³-hybridized carbons (Fsp3) is 0.125. The van der Waals surface area contributed by atoms with Gasteiger partial charge in [0.05, 0.1) is 5.56 Å². The SMILES string of the molecule is Cc1c(F)cccc1NC(=O)COC(=O)c1ccccc1N. The zero-order valence-electron chi connectivity index (χ0n) is 11.9. The lowest BCUT2D eigenvalue weighted by molar-refractivity contribution is -0.119. The van der Waals surface area contributed by atoms with E-state index in [1.54, 1.807) is 31.2 Å². The molecular weight excluding hydrogens is 287 g/mol. The normalized spacial score (nSPS) is 10.1. The van der Waals surface area contributed by atoms with Crippen molar-refractivity contribution in [2.75, 3.05) is 17.7 Å². The molecule has 0 heterocycles. The van der Waals surface area contributed by atoms with Crippen LogP contribution in [0.2, 0.25) is 0 Å². The first-order valence-electron chi connectivity index (χ1n) is 6.55. The molecule has 2 aromatic carbocycles. The van der Waals surface area contributed by atoms with Crippen molar-refractivity contribution in [3.8, 4) is 0 Å². The van der Waals surface area contributed by atoms with Crippen molar-refractivity contribution in [2.45, 2.75) is 6.92 Å². The maximum Gasteiger partial charge on any atom is 0.340 e. The number of nitrogens with one attached hydrogen (secondary N) is 1. The number of rotatable bonds is 4. The first-order valence-corrected chi connectivity index (χ1v) is 6.55. The fourth-order valence-electron chi connectivity index (χ4n) is 1.82. The molecule has 0 atom stereocenters. The van der Waals surface area contributed by atoms with Crippen LogP contribution in [-0.4, -0.2) is 18.5 Å². The number of benzene rings is 2. The van der Waals surface area contributed by atoms with E-state index in [0.717, 1.165) is 0 Å². The van der Waals surface area contributed by atoms with Crippen molar-refractivity contribution >= 4 is 23.3 Å². The summed E-state index contributed by atoms with van der Waals surface area (Å²) in [6, 6.07) is 10.7. The van der Waals surface area contributed by atoms with Gasteiger partial charge in [-0.2, -0.15) is 0 Å². The van der Waals surface area contributed by atoms with Gasteiger partial charge in [-0.15, -0.1) is 0 Å². The van der Waals surface area contributed by atoms with Crippen LogP contribution >= 0.6 is 0 Å². The molecule has 6 heteroatoms. The molecule has 1 amide bonds. The Morgan fingerprint density at radius 2 is 1.91 bits per heavy atom. The minimum Gasteiger partial charge on any atom is -0.452 e. The van der Waals surface area contributed by atoms with Gasteiger partial charge in [0.1, 0.15) is 5.82 Å². The largest absolute Gasteiger partial charge is 0.452 e. The van der Waals surface area contributed by atoms with E-state index in [9.17, 15) is 14.0 Å². The molecule has 5 nitrogen and oxygen atoms in total. The van der Waals surface area contributed by atoms with E-state index in [1.807, 2.05) is 0 Å². The van der Waals surface area contributed by atoms with Gasteiger partial charge in [0.25, 0.3) is 5.91 Å². The molecule has 0 spiro atoms. The van der Waals surface area contributed by atoms with Gasteiger partial charge >= 0.3 is 5.97 Å². The Morgan fingerprint density at radius 3 is 2.64 bits per heavy atom. The molecular formula is C16H15FN2O3. The first-order chi connectivity index (χ1) is 10.5. The van der Waals surface area contributed by atoms with E-state index in [4.69, 9.17) is 10.5 Å². The molecule has 0 bridgehead atoms. The number of hydrogen-bond acceptors (Lipinski definition) is 4. The van der Waals surface area contributed by atoms with Gasteiger partial charge in [-0.1, -0.05) is 18.2 Å². The van der Waals surface area contributed by atoms with Crippen LogP contribution in [-0.2, 0) is 9.53 Å². The molecule has 0 aromatic heterocycles. The van der Waals surface area contributed by atoms with Gasteiger partial charge in [0, 0.05) is 16.9 Å². The highest BCUT2D eigenvalue weighted by molar-refractivity contribution is 5.98. The topological polar surface area (TPSA) is 81.4 Å². The molecule has 0 aliphatic heterocycles.